The number of hydrogen-bond donors (Lipinski definition) is 1. The van der Waals surface area contributed by atoms with E-state index in [9.17, 15) is 17.6 Å². The molecule has 1 saturated carbocycles. The van der Waals surface area contributed by atoms with E-state index in [1.165, 1.54) is 12.1 Å². The third-order valence-electron chi connectivity index (χ3n) is 3.02. The number of halogens is 4. The summed E-state index contributed by atoms with van der Waals surface area (Å²) in [6.45, 7) is 0. The minimum absolute atomic E-state index is 0.0354. The van der Waals surface area contributed by atoms with Gasteiger partial charge in [0.25, 0.3) is 0 Å². The molecule has 0 bridgehead atoms. The van der Waals surface area contributed by atoms with Crippen LogP contribution in [-0.2, 0) is 6.18 Å². The minimum Gasteiger partial charge on any atom is -0.324 e. The van der Waals surface area contributed by atoms with E-state index in [-0.39, 0.29) is 5.56 Å². The molecular weight excluding hydrogens is 234 g/mol. The standard InChI is InChI=1S/C12H13F4N/c13-11-8(10(17)6-7-4-5-7)2-1-3-9(11)12(14,15)16/h1-3,7,10H,4-6,17H2. The van der Waals surface area contributed by atoms with Crippen LogP contribution in [0.15, 0.2) is 18.2 Å². The quantitative estimate of drug-likeness (QED) is 0.811. The summed E-state index contributed by atoms with van der Waals surface area (Å²) in [5.74, 6) is -0.785. The van der Waals surface area contributed by atoms with Crippen LogP contribution in [0.4, 0.5) is 17.6 Å². The second-order valence-corrected chi connectivity index (χ2v) is 4.49. The third kappa shape index (κ3) is 2.77. The van der Waals surface area contributed by atoms with Crippen LogP contribution in [-0.4, -0.2) is 0 Å². The van der Waals surface area contributed by atoms with E-state index in [1.807, 2.05) is 0 Å². The first kappa shape index (κ1) is 12.4. The van der Waals surface area contributed by atoms with Gasteiger partial charge in [0.2, 0.25) is 0 Å². The second-order valence-electron chi connectivity index (χ2n) is 4.49. The normalized spacial score (nSPS) is 18.2. The van der Waals surface area contributed by atoms with Crippen molar-refractivity contribution in [2.75, 3.05) is 0 Å². The molecule has 5 heteroatoms. The van der Waals surface area contributed by atoms with Crippen molar-refractivity contribution in [3.05, 3.63) is 35.1 Å². The molecule has 0 aliphatic heterocycles. The maximum atomic E-state index is 13.7. The summed E-state index contributed by atoms with van der Waals surface area (Å²) in [7, 11) is 0. The Hall–Kier alpha value is -1.10. The highest BCUT2D eigenvalue weighted by Crippen LogP contribution is 2.39. The molecule has 1 nitrogen and oxygen atoms in total. The van der Waals surface area contributed by atoms with Crippen molar-refractivity contribution in [3.8, 4) is 0 Å². The van der Waals surface area contributed by atoms with E-state index in [2.05, 4.69) is 0 Å². The van der Waals surface area contributed by atoms with Gasteiger partial charge >= 0.3 is 6.18 Å². The average Bonchev–Trinajstić information content (AvgIpc) is 3.00. The van der Waals surface area contributed by atoms with Gasteiger partial charge in [-0.2, -0.15) is 13.2 Å². The van der Waals surface area contributed by atoms with Gasteiger partial charge in [-0.15, -0.1) is 0 Å². The summed E-state index contributed by atoms with van der Waals surface area (Å²) in [6.07, 6.45) is -2.04. The predicted molar refractivity (Wildman–Crippen MR) is 55.7 cm³/mol. The maximum Gasteiger partial charge on any atom is 0.419 e. The van der Waals surface area contributed by atoms with Gasteiger partial charge in [0, 0.05) is 11.6 Å². The lowest BCUT2D eigenvalue weighted by Gasteiger charge is -2.16. The number of hydrogen-bond acceptors (Lipinski definition) is 1. The van der Waals surface area contributed by atoms with Crippen molar-refractivity contribution in [1.29, 1.82) is 0 Å². The Morgan fingerprint density at radius 3 is 2.47 bits per heavy atom. The fourth-order valence-corrected chi connectivity index (χ4v) is 1.89. The molecule has 1 atom stereocenters. The zero-order valence-electron chi connectivity index (χ0n) is 9.10. The predicted octanol–water partition coefficient (Wildman–Crippen LogP) is 3.64. The summed E-state index contributed by atoms with van der Waals surface area (Å²) >= 11 is 0. The smallest absolute Gasteiger partial charge is 0.324 e. The van der Waals surface area contributed by atoms with Gasteiger partial charge in [0.05, 0.1) is 5.56 Å². The van der Waals surface area contributed by atoms with Gasteiger partial charge in [0.15, 0.2) is 0 Å². The maximum absolute atomic E-state index is 13.7. The Balaban J connectivity index is 2.27. The van der Waals surface area contributed by atoms with Crippen molar-refractivity contribution in [2.24, 2.45) is 11.7 Å². The van der Waals surface area contributed by atoms with Gasteiger partial charge in [-0.1, -0.05) is 25.0 Å². The molecule has 17 heavy (non-hydrogen) atoms. The molecule has 2 N–H and O–H groups in total. The van der Waals surface area contributed by atoms with E-state index >= 15 is 0 Å². The van der Waals surface area contributed by atoms with Crippen LogP contribution in [0.3, 0.4) is 0 Å². The first-order valence-corrected chi connectivity index (χ1v) is 5.50. The zero-order valence-corrected chi connectivity index (χ0v) is 9.10. The third-order valence-corrected chi connectivity index (χ3v) is 3.02. The Bertz CT molecular complexity index is 409. The lowest BCUT2D eigenvalue weighted by atomic mass is 9.99. The molecule has 2 rings (SSSR count). The molecule has 0 radical (unpaired) electrons. The fourth-order valence-electron chi connectivity index (χ4n) is 1.89. The average molecular weight is 247 g/mol. The lowest BCUT2D eigenvalue weighted by Crippen LogP contribution is -2.16. The highest BCUT2D eigenvalue weighted by atomic mass is 19.4. The molecule has 1 unspecified atom stereocenters. The van der Waals surface area contributed by atoms with Gasteiger partial charge in [0.1, 0.15) is 5.82 Å². The van der Waals surface area contributed by atoms with E-state index in [1.54, 1.807) is 0 Å². The molecule has 0 spiro atoms. The summed E-state index contributed by atoms with van der Waals surface area (Å²) in [5.41, 5.74) is 4.47. The Morgan fingerprint density at radius 1 is 1.29 bits per heavy atom. The van der Waals surface area contributed by atoms with E-state index in [4.69, 9.17) is 5.73 Å². The summed E-state index contributed by atoms with van der Waals surface area (Å²) in [4.78, 5) is 0. The monoisotopic (exact) mass is 247 g/mol. The van der Waals surface area contributed by atoms with Crippen molar-refractivity contribution < 1.29 is 17.6 Å². The molecule has 94 valence electrons. The molecule has 1 aliphatic rings. The number of nitrogens with two attached hydrogens (primary N) is 1. The number of alkyl halides is 3. The van der Waals surface area contributed by atoms with Crippen molar-refractivity contribution in [2.45, 2.75) is 31.5 Å². The molecular formula is C12H13F4N. The Kier molecular flexibility index (Phi) is 3.12. The lowest BCUT2D eigenvalue weighted by molar-refractivity contribution is -0.140. The van der Waals surface area contributed by atoms with Gasteiger partial charge in [-0.05, 0) is 18.4 Å². The van der Waals surface area contributed by atoms with Crippen LogP contribution in [0, 0.1) is 11.7 Å². The highest BCUT2D eigenvalue weighted by molar-refractivity contribution is 5.30. The second kappa shape index (κ2) is 4.29. The van der Waals surface area contributed by atoms with Crippen LogP contribution in [0.25, 0.3) is 0 Å². The summed E-state index contributed by atoms with van der Waals surface area (Å²) in [5, 5.41) is 0. The molecule has 1 fully saturated rings. The first-order valence-electron chi connectivity index (χ1n) is 5.50. The number of rotatable bonds is 3. The zero-order chi connectivity index (χ0) is 12.6. The van der Waals surface area contributed by atoms with Gasteiger partial charge in [-0.25, -0.2) is 4.39 Å². The van der Waals surface area contributed by atoms with E-state index in [0.29, 0.717) is 12.3 Å². The van der Waals surface area contributed by atoms with Gasteiger partial charge in [-0.3, -0.25) is 0 Å². The molecule has 1 aromatic carbocycles. The molecule has 0 heterocycles. The molecule has 1 aromatic rings. The molecule has 0 aromatic heterocycles. The van der Waals surface area contributed by atoms with E-state index in [0.717, 1.165) is 18.9 Å². The Labute approximate surface area is 96.6 Å². The SMILES string of the molecule is NC(CC1CC1)c1cccc(C(F)(F)F)c1F. The molecule has 0 saturated heterocycles. The number of benzene rings is 1. The summed E-state index contributed by atoms with van der Waals surface area (Å²) in [6, 6.07) is 2.62. The first-order chi connectivity index (χ1) is 7.89. The Morgan fingerprint density at radius 2 is 1.94 bits per heavy atom. The van der Waals surface area contributed by atoms with Crippen LogP contribution in [0.1, 0.15) is 36.4 Å². The van der Waals surface area contributed by atoms with Crippen LogP contribution < -0.4 is 5.73 Å². The topological polar surface area (TPSA) is 26.0 Å². The van der Waals surface area contributed by atoms with Crippen molar-refractivity contribution >= 4 is 0 Å². The minimum atomic E-state index is -4.67. The van der Waals surface area contributed by atoms with Crippen molar-refractivity contribution in [1.82, 2.24) is 0 Å². The van der Waals surface area contributed by atoms with Crippen LogP contribution in [0.2, 0.25) is 0 Å². The fraction of sp³-hybridized carbons (Fsp3) is 0.500. The summed E-state index contributed by atoms with van der Waals surface area (Å²) < 4.78 is 51.1. The molecule has 0 amide bonds. The van der Waals surface area contributed by atoms with Crippen LogP contribution >= 0.6 is 0 Å². The molecule has 1 aliphatic carbocycles. The van der Waals surface area contributed by atoms with Crippen molar-refractivity contribution in [3.63, 3.8) is 0 Å². The van der Waals surface area contributed by atoms with Gasteiger partial charge < -0.3 is 5.73 Å². The van der Waals surface area contributed by atoms with Crippen LogP contribution in [0.5, 0.6) is 0 Å². The highest BCUT2D eigenvalue weighted by Gasteiger charge is 2.36. The largest absolute Gasteiger partial charge is 0.419 e. The van der Waals surface area contributed by atoms with E-state index < -0.39 is 23.6 Å².